The Morgan fingerprint density at radius 2 is 1.95 bits per heavy atom. The Balaban J connectivity index is 1.10. The zero-order valence-corrected chi connectivity index (χ0v) is 24.1. The molecule has 5 rings (SSSR count). The summed E-state index contributed by atoms with van der Waals surface area (Å²) in [6.07, 6.45) is 8.63. The number of methoxy groups -OCH3 is 1. The molecule has 1 N–H and O–H groups in total. The summed E-state index contributed by atoms with van der Waals surface area (Å²) in [7, 11) is 0.0268. The molecule has 0 saturated carbocycles. The number of ether oxygens (including phenoxy) is 3. The van der Waals surface area contributed by atoms with Crippen molar-refractivity contribution in [1.29, 1.82) is 0 Å². The van der Waals surface area contributed by atoms with Crippen molar-refractivity contribution >= 4 is 33.4 Å². The van der Waals surface area contributed by atoms with Crippen LogP contribution < -0.4 is 4.74 Å². The first-order chi connectivity index (χ1) is 19.9. The van der Waals surface area contributed by atoms with Crippen LogP contribution in [-0.2, 0) is 26.0 Å². The number of pyridine rings is 1. The van der Waals surface area contributed by atoms with Crippen LogP contribution in [0.5, 0.6) is 5.75 Å². The topological polar surface area (TPSA) is 103 Å². The average molecular weight is 572 g/mol. The number of rotatable bonds is 11. The zero-order chi connectivity index (χ0) is 28.8. The van der Waals surface area contributed by atoms with Gasteiger partial charge in [-0.05, 0) is 48.4 Å². The van der Waals surface area contributed by atoms with Gasteiger partial charge in [-0.1, -0.05) is 49.4 Å². The fourth-order valence-corrected chi connectivity index (χ4v) is 5.80. The van der Waals surface area contributed by atoms with E-state index in [0.717, 1.165) is 45.6 Å². The SMILES string of the molecule is COC(=O)c1cccc(C2=CC(C)C(OCCCOc3ccnc(CS(=O)c4nc5ccccc5[nH]4)c3C)C=C2)c1. The molecule has 9 heteroatoms. The second-order valence-electron chi connectivity index (χ2n) is 9.88. The molecule has 2 aromatic carbocycles. The van der Waals surface area contributed by atoms with E-state index in [-0.39, 0.29) is 23.7 Å². The van der Waals surface area contributed by atoms with Crippen LogP contribution in [0.4, 0.5) is 0 Å². The fraction of sp³-hybridized carbons (Fsp3) is 0.281. The highest BCUT2D eigenvalue weighted by Crippen LogP contribution is 2.27. The normalized spacial score (nSPS) is 17.3. The summed E-state index contributed by atoms with van der Waals surface area (Å²) >= 11 is 0. The highest BCUT2D eigenvalue weighted by Gasteiger charge is 2.19. The van der Waals surface area contributed by atoms with Crippen LogP contribution in [0.3, 0.4) is 0 Å². The van der Waals surface area contributed by atoms with Crippen molar-refractivity contribution in [3.8, 4) is 5.75 Å². The summed E-state index contributed by atoms with van der Waals surface area (Å²) in [4.78, 5) is 23.9. The predicted molar refractivity (Wildman–Crippen MR) is 159 cm³/mol. The molecule has 0 bridgehead atoms. The van der Waals surface area contributed by atoms with E-state index in [2.05, 4.69) is 34.0 Å². The van der Waals surface area contributed by atoms with Gasteiger partial charge in [0, 0.05) is 24.1 Å². The molecule has 0 amide bonds. The van der Waals surface area contributed by atoms with Gasteiger partial charge in [0.1, 0.15) is 5.75 Å². The molecule has 2 heterocycles. The van der Waals surface area contributed by atoms with Gasteiger partial charge in [-0.25, -0.2) is 9.78 Å². The molecule has 41 heavy (non-hydrogen) atoms. The Labute approximate surface area is 241 Å². The third-order valence-corrected chi connectivity index (χ3v) is 8.17. The summed E-state index contributed by atoms with van der Waals surface area (Å²) < 4.78 is 30.0. The van der Waals surface area contributed by atoms with Crippen molar-refractivity contribution < 1.29 is 23.2 Å². The number of benzene rings is 2. The van der Waals surface area contributed by atoms with Gasteiger partial charge >= 0.3 is 5.97 Å². The molecule has 0 aliphatic heterocycles. The molecule has 3 atom stereocenters. The number of imidazole rings is 1. The second kappa shape index (κ2) is 13.1. The number of aromatic nitrogens is 3. The van der Waals surface area contributed by atoms with Crippen LogP contribution in [0.25, 0.3) is 16.6 Å². The van der Waals surface area contributed by atoms with Crippen LogP contribution in [0.15, 0.2) is 84.2 Å². The predicted octanol–water partition coefficient (Wildman–Crippen LogP) is 5.80. The quantitative estimate of drug-likeness (QED) is 0.179. The maximum absolute atomic E-state index is 13.0. The fourth-order valence-electron chi connectivity index (χ4n) is 4.70. The first kappa shape index (κ1) is 28.4. The molecule has 1 aliphatic carbocycles. The van der Waals surface area contributed by atoms with E-state index in [4.69, 9.17) is 14.2 Å². The van der Waals surface area contributed by atoms with E-state index in [9.17, 15) is 9.00 Å². The Kier molecular flexibility index (Phi) is 9.06. The van der Waals surface area contributed by atoms with Gasteiger partial charge in [-0.2, -0.15) is 0 Å². The molecule has 4 aromatic rings. The van der Waals surface area contributed by atoms with Crippen LogP contribution >= 0.6 is 0 Å². The first-order valence-electron chi connectivity index (χ1n) is 13.5. The number of carbonyl (C=O) groups is 1. The number of allylic oxidation sites excluding steroid dienone is 2. The number of fused-ring (bicyclic) bond motifs is 1. The minimum atomic E-state index is -1.36. The number of carbonyl (C=O) groups excluding carboxylic acids is 1. The van der Waals surface area contributed by atoms with E-state index >= 15 is 0 Å². The molecular formula is C32H33N3O5S. The van der Waals surface area contributed by atoms with Gasteiger partial charge in [0.15, 0.2) is 5.16 Å². The maximum Gasteiger partial charge on any atom is 0.337 e. The number of hydrogen-bond acceptors (Lipinski definition) is 7. The molecular weight excluding hydrogens is 538 g/mol. The van der Waals surface area contributed by atoms with Crippen molar-refractivity contribution in [1.82, 2.24) is 15.0 Å². The molecule has 1 aliphatic rings. The number of nitrogens with zero attached hydrogens (tertiary/aromatic N) is 2. The second-order valence-corrected chi connectivity index (χ2v) is 11.2. The van der Waals surface area contributed by atoms with Crippen LogP contribution in [0.1, 0.15) is 40.5 Å². The average Bonchev–Trinajstić information content (AvgIpc) is 3.44. The van der Waals surface area contributed by atoms with Crippen molar-refractivity contribution in [2.24, 2.45) is 5.92 Å². The molecule has 0 radical (unpaired) electrons. The van der Waals surface area contributed by atoms with Gasteiger partial charge in [0.25, 0.3) is 0 Å². The standard InChI is InChI=1S/C32H33N3O5S/c1-21-18-24(23-8-6-9-25(19-23)31(36)38-3)12-13-29(21)39-16-7-17-40-30-14-15-33-28(22(30)2)20-41(37)32-34-26-10-4-5-11-27(26)35-32/h4-6,8-15,18-19,21,29H,7,16-17,20H2,1-3H3,(H,34,35). The summed E-state index contributed by atoms with van der Waals surface area (Å²) in [5, 5.41) is 0.443. The van der Waals surface area contributed by atoms with Gasteiger partial charge in [-0.15, -0.1) is 0 Å². The van der Waals surface area contributed by atoms with Crippen molar-refractivity contribution in [3.63, 3.8) is 0 Å². The summed E-state index contributed by atoms with van der Waals surface area (Å²) in [6.45, 7) is 5.09. The van der Waals surface area contributed by atoms with Crippen molar-refractivity contribution in [2.45, 2.75) is 37.3 Å². The van der Waals surface area contributed by atoms with E-state index in [0.29, 0.717) is 23.9 Å². The molecule has 2 aromatic heterocycles. The largest absolute Gasteiger partial charge is 0.493 e. The van der Waals surface area contributed by atoms with Gasteiger partial charge in [0.2, 0.25) is 0 Å². The Morgan fingerprint density at radius 3 is 2.76 bits per heavy atom. The van der Waals surface area contributed by atoms with E-state index in [1.807, 2.05) is 61.5 Å². The van der Waals surface area contributed by atoms with Gasteiger partial charge in [-0.3, -0.25) is 9.19 Å². The summed E-state index contributed by atoms with van der Waals surface area (Å²) in [5.74, 6) is 0.805. The lowest BCUT2D eigenvalue weighted by Gasteiger charge is -2.24. The molecule has 0 saturated heterocycles. The number of para-hydroxylation sites is 2. The third kappa shape index (κ3) is 6.81. The number of nitrogens with one attached hydrogen (secondary N) is 1. The maximum atomic E-state index is 13.0. The summed E-state index contributed by atoms with van der Waals surface area (Å²) in [6, 6.07) is 16.9. The third-order valence-electron chi connectivity index (χ3n) is 7.01. The van der Waals surface area contributed by atoms with Gasteiger partial charge < -0.3 is 19.2 Å². The highest BCUT2D eigenvalue weighted by molar-refractivity contribution is 7.84. The molecule has 0 spiro atoms. The Bertz CT molecular complexity index is 1590. The van der Waals surface area contributed by atoms with Gasteiger partial charge in [0.05, 0.1) is 65.3 Å². The van der Waals surface area contributed by atoms with Crippen LogP contribution in [-0.4, -0.2) is 51.6 Å². The number of H-pyrrole nitrogens is 1. The zero-order valence-electron chi connectivity index (χ0n) is 23.3. The Hall–Kier alpha value is -4.08. The lowest BCUT2D eigenvalue weighted by Crippen LogP contribution is -2.22. The van der Waals surface area contributed by atoms with E-state index in [1.54, 1.807) is 12.3 Å². The molecule has 3 unspecified atom stereocenters. The van der Waals surface area contributed by atoms with Crippen LogP contribution in [0, 0.1) is 12.8 Å². The Morgan fingerprint density at radius 1 is 1.10 bits per heavy atom. The lowest BCUT2D eigenvalue weighted by atomic mass is 9.91. The van der Waals surface area contributed by atoms with E-state index < -0.39 is 10.8 Å². The number of hydrogen-bond donors (Lipinski definition) is 1. The summed E-state index contributed by atoms with van der Waals surface area (Å²) in [5.41, 5.74) is 5.79. The van der Waals surface area contributed by atoms with Crippen molar-refractivity contribution in [2.75, 3.05) is 20.3 Å². The minimum Gasteiger partial charge on any atom is -0.493 e. The first-order valence-corrected chi connectivity index (χ1v) is 14.9. The number of aromatic amines is 1. The minimum absolute atomic E-state index is 0.0370. The molecule has 8 nitrogen and oxygen atoms in total. The number of esters is 1. The highest BCUT2D eigenvalue weighted by atomic mass is 32.2. The van der Waals surface area contributed by atoms with E-state index in [1.165, 1.54) is 7.11 Å². The molecule has 212 valence electrons. The monoisotopic (exact) mass is 571 g/mol. The smallest absolute Gasteiger partial charge is 0.337 e. The van der Waals surface area contributed by atoms with Crippen LogP contribution in [0.2, 0.25) is 0 Å². The lowest BCUT2D eigenvalue weighted by molar-refractivity contribution is 0.0539. The van der Waals surface area contributed by atoms with Crippen molar-refractivity contribution in [3.05, 3.63) is 101 Å². The molecule has 0 fully saturated rings.